The molecule has 5 rings (SSSR count). The molecule has 0 amide bonds. The van der Waals surface area contributed by atoms with Gasteiger partial charge >= 0.3 is 0 Å². The molecule has 0 saturated heterocycles. The Kier molecular flexibility index (Phi) is 17.0. The van der Waals surface area contributed by atoms with Gasteiger partial charge in [0.25, 0.3) is 8.32 Å². The summed E-state index contributed by atoms with van der Waals surface area (Å²) >= 11 is 0. The summed E-state index contributed by atoms with van der Waals surface area (Å²) in [6.07, 6.45) is 4.53. The zero-order valence-corrected chi connectivity index (χ0v) is 41.1. The van der Waals surface area contributed by atoms with E-state index < -0.39 is 28.2 Å². The second-order valence-corrected chi connectivity index (χ2v) is 27.9. The summed E-state index contributed by atoms with van der Waals surface area (Å²) in [5, 5.41) is 0.0193. The fourth-order valence-electron chi connectivity index (χ4n) is 6.01. The lowest BCUT2D eigenvalue weighted by molar-refractivity contribution is 0.0976. The Morgan fingerprint density at radius 1 is 0.667 bits per heavy atom. The fourth-order valence-corrected chi connectivity index (χ4v) is 8.07. The minimum atomic E-state index is -2.37. The highest BCUT2D eigenvalue weighted by atomic mass is 28.4. The van der Waals surface area contributed by atoms with E-state index in [4.69, 9.17) is 13.6 Å². The molecule has 0 aromatic heterocycles. The molecule has 0 unspecified atom stereocenters. The third kappa shape index (κ3) is 12.2. The third-order valence-corrected chi connectivity index (χ3v) is 20.5. The van der Waals surface area contributed by atoms with Gasteiger partial charge < -0.3 is 13.6 Å². The minimum Gasteiger partial charge on any atom is -0.541 e. The van der Waals surface area contributed by atoms with E-state index in [0.29, 0.717) is 65.4 Å². The highest BCUT2D eigenvalue weighted by molar-refractivity contribution is 6.75. The van der Waals surface area contributed by atoms with Gasteiger partial charge in [0.2, 0.25) is 11.6 Å². The standard InChI is InChI=1S/C32H42O5Si2.C22H18O2/c1-31(2,3)38(7,8)36-19-14-13-15-21-24-18-20-35-29(24)30(37-39(9,10)32(4,5)6)26-25(21)27(33)22-16-11-12-17-23(22)28(26)34;1-3-5-7-9-11-17-21(23)19-15-13-14-16-20(19)22(24)18-12-10-8-6-4-2/h11-12,16-17H,14,18-20H2,1-10H3;13-16H,3-6H2,1-2H3. The van der Waals surface area contributed by atoms with Crippen molar-refractivity contribution in [3.05, 3.63) is 93.0 Å². The van der Waals surface area contributed by atoms with Crippen molar-refractivity contribution in [2.45, 2.75) is 130 Å². The van der Waals surface area contributed by atoms with Crippen LogP contribution < -0.4 is 9.16 Å². The second kappa shape index (κ2) is 21.5. The fraction of sp³-hybridized carbons (Fsp3) is 0.407. The number of benzene rings is 3. The molecule has 3 aromatic carbocycles. The minimum absolute atomic E-state index is 0.104. The van der Waals surface area contributed by atoms with Gasteiger partial charge in [-0.25, -0.2) is 0 Å². The first-order valence-electron chi connectivity index (χ1n) is 21.7. The lowest BCUT2D eigenvalue weighted by Gasteiger charge is -2.38. The van der Waals surface area contributed by atoms with Crippen molar-refractivity contribution in [3.8, 4) is 70.7 Å². The largest absolute Gasteiger partial charge is 0.541 e. The first-order chi connectivity index (χ1) is 29.7. The molecule has 326 valence electrons. The van der Waals surface area contributed by atoms with Crippen molar-refractivity contribution in [1.82, 2.24) is 0 Å². The van der Waals surface area contributed by atoms with Crippen molar-refractivity contribution in [2.75, 3.05) is 13.2 Å². The normalized spacial score (nSPS) is 12.4. The number of hydrogen-bond acceptors (Lipinski definition) is 7. The summed E-state index contributed by atoms with van der Waals surface area (Å²) in [5.41, 5.74) is 3.40. The SMILES string of the molecule is CC(C)(C)[Si](C)(C)OCCC#Cc1c2c(c(O[Si](C)(C)C(C)(C)C)c3c1C(=O)c1ccccc1C3=O)OCC2.CCCC#CC#CC(=O)c1ccccc1C(=O)C#CC#CCCC. The average Bonchev–Trinajstić information content (AvgIpc) is 3.72. The molecule has 0 spiro atoms. The van der Waals surface area contributed by atoms with E-state index in [0.717, 1.165) is 31.2 Å². The monoisotopic (exact) mass is 876 g/mol. The van der Waals surface area contributed by atoms with Crippen LogP contribution in [0.4, 0.5) is 0 Å². The number of ether oxygens (including phenoxy) is 1. The number of Topliss-reactive ketones (excluding diaryl/α,β-unsaturated/α-hetero) is 2. The zero-order valence-electron chi connectivity index (χ0n) is 39.1. The van der Waals surface area contributed by atoms with Crippen LogP contribution in [0.1, 0.15) is 151 Å². The lowest BCUT2D eigenvalue weighted by atomic mass is 9.79. The van der Waals surface area contributed by atoms with E-state index in [9.17, 15) is 19.2 Å². The Morgan fingerprint density at radius 3 is 1.65 bits per heavy atom. The molecule has 63 heavy (non-hydrogen) atoms. The number of hydrogen-bond donors (Lipinski definition) is 0. The van der Waals surface area contributed by atoms with Crippen LogP contribution in [0.25, 0.3) is 0 Å². The Labute approximate surface area is 378 Å². The molecule has 0 atom stereocenters. The van der Waals surface area contributed by atoms with Crippen LogP contribution >= 0.6 is 0 Å². The van der Waals surface area contributed by atoms with Gasteiger partial charge in [0, 0.05) is 65.7 Å². The molecular formula is C54H60O7Si2. The smallest absolute Gasteiger partial charge is 0.250 e. The maximum atomic E-state index is 14.0. The third-order valence-electron chi connectivity index (χ3n) is 11.7. The molecule has 3 aromatic rings. The summed E-state index contributed by atoms with van der Waals surface area (Å²) in [4.78, 5) is 52.3. The zero-order chi connectivity index (χ0) is 46.6. The number of carbonyl (C=O) groups excluding carboxylic acids is 4. The van der Waals surface area contributed by atoms with E-state index in [-0.39, 0.29) is 32.8 Å². The van der Waals surface area contributed by atoms with Gasteiger partial charge in [-0.15, -0.1) is 0 Å². The number of carbonyl (C=O) groups is 4. The molecule has 2 aliphatic rings. The quantitative estimate of drug-likeness (QED) is 0.0543. The summed E-state index contributed by atoms with van der Waals surface area (Å²) in [5.74, 6) is 27.1. The van der Waals surface area contributed by atoms with Crippen LogP contribution in [0.15, 0.2) is 48.5 Å². The maximum absolute atomic E-state index is 14.0. The van der Waals surface area contributed by atoms with Gasteiger partial charge in [0.05, 0.1) is 17.7 Å². The molecule has 7 nitrogen and oxygen atoms in total. The molecule has 0 radical (unpaired) electrons. The Hall–Kier alpha value is -5.87. The molecule has 0 N–H and O–H groups in total. The molecule has 1 aliphatic carbocycles. The Balaban J connectivity index is 0.000000312. The first-order valence-corrected chi connectivity index (χ1v) is 27.5. The van der Waals surface area contributed by atoms with E-state index in [2.05, 4.69) is 127 Å². The number of unbranched alkanes of at least 4 members (excludes halogenated alkanes) is 2. The van der Waals surface area contributed by atoms with Crippen molar-refractivity contribution in [1.29, 1.82) is 0 Å². The van der Waals surface area contributed by atoms with Crippen LogP contribution in [0, 0.1) is 59.2 Å². The Morgan fingerprint density at radius 2 is 1.16 bits per heavy atom. The van der Waals surface area contributed by atoms with Gasteiger partial charge in [-0.1, -0.05) is 115 Å². The summed E-state index contributed by atoms with van der Waals surface area (Å²) in [7, 11) is -4.25. The summed E-state index contributed by atoms with van der Waals surface area (Å²) in [6, 6.07) is 13.5. The van der Waals surface area contributed by atoms with Gasteiger partial charge in [-0.3, -0.25) is 19.2 Å². The van der Waals surface area contributed by atoms with E-state index >= 15 is 0 Å². The molecule has 1 heterocycles. The van der Waals surface area contributed by atoms with Crippen molar-refractivity contribution < 1.29 is 32.8 Å². The number of fused-ring (bicyclic) bond motifs is 3. The molecule has 1 aliphatic heterocycles. The molecular weight excluding hydrogens is 817 g/mol. The predicted octanol–water partition coefficient (Wildman–Crippen LogP) is 11.2. The van der Waals surface area contributed by atoms with Gasteiger partial charge in [-0.2, -0.15) is 0 Å². The van der Waals surface area contributed by atoms with Crippen LogP contribution in [-0.4, -0.2) is 53.0 Å². The summed E-state index contributed by atoms with van der Waals surface area (Å²) < 4.78 is 19.2. The average molecular weight is 877 g/mol. The maximum Gasteiger partial charge on any atom is 0.250 e. The molecule has 0 fully saturated rings. The molecule has 9 heteroatoms. The molecule has 0 saturated carbocycles. The van der Waals surface area contributed by atoms with Crippen LogP contribution in [0.5, 0.6) is 11.5 Å². The van der Waals surface area contributed by atoms with Crippen LogP contribution in [0.2, 0.25) is 36.3 Å². The van der Waals surface area contributed by atoms with E-state index in [1.54, 1.807) is 48.5 Å². The molecule has 0 bridgehead atoms. The van der Waals surface area contributed by atoms with Gasteiger partial charge in [0.15, 0.2) is 31.4 Å². The highest BCUT2D eigenvalue weighted by Crippen LogP contribution is 2.49. The van der Waals surface area contributed by atoms with Crippen molar-refractivity contribution in [2.24, 2.45) is 0 Å². The number of rotatable bonds is 9. The van der Waals surface area contributed by atoms with Gasteiger partial charge in [-0.05, 0) is 96.8 Å². The second-order valence-electron chi connectivity index (χ2n) is 18.4. The van der Waals surface area contributed by atoms with E-state index in [1.165, 1.54) is 0 Å². The number of ketones is 4. The van der Waals surface area contributed by atoms with Gasteiger partial charge in [0.1, 0.15) is 0 Å². The van der Waals surface area contributed by atoms with Crippen molar-refractivity contribution in [3.63, 3.8) is 0 Å². The predicted molar refractivity (Wildman–Crippen MR) is 257 cm³/mol. The topological polar surface area (TPSA) is 96.0 Å². The van der Waals surface area contributed by atoms with E-state index in [1.807, 2.05) is 13.8 Å². The first kappa shape index (κ1) is 49.8. The summed E-state index contributed by atoms with van der Waals surface area (Å²) in [6.45, 7) is 26.9. The highest BCUT2D eigenvalue weighted by Gasteiger charge is 2.45. The lowest BCUT2D eigenvalue weighted by Crippen LogP contribution is -2.44. The van der Waals surface area contributed by atoms with Crippen molar-refractivity contribution >= 4 is 39.8 Å². The van der Waals surface area contributed by atoms with Crippen LogP contribution in [-0.2, 0) is 10.8 Å². The van der Waals surface area contributed by atoms with Crippen LogP contribution in [0.3, 0.4) is 0 Å². The Bertz CT molecular complexity index is 2520.